The minimum absolute atomic E-state index is 0.105. The first-order valence-corrected chi connectivity index (χ1v) is 11.6. The van der Waals surface area contributed by atoms with E-state index in [-0.39, 0.29) is 30.2 Å². The number of nitrogens with zero attached hydrogens (tertiary/aromatic N) is 3. The van der Waals surface area contributed by atoms with Gasteiger partial charge in [-0.1, -0.05) is 13.8 Å². The summed E-state index contributed by atoms with van der Waals surface area (Å²) in [7, 11) is 6.90. The number of hydrogen-bond donors (Lipinski definition) is 2. The molecular formula is C23H43N5O5. The van der Waals surface area contributed by atoms with E-state index in [1.807, 2.05) is 13.8 Å². The van der Waals surface area contributed by atoms with Crippen LogP contribution in [0.3, 0.4) is 0 Å². The number of ether oxygens (including phenoxy) is 1. The smallest absolute Gasteiger partial charge is 0.408 e. The van der Waals surface area contributed by atoms with Crippen LogP contribution in [0.4, 0.5) is 4.79 Å². The largest absolute Gasteiger partial charge is 0.444 e. The maximum Gasteiger partial charge on any atom is 0.408 e. The molecule has 3 atom stereocenters. The fraction of sp³-hybridized carbons (Fsp3) is 0.826. The van der Waals surface area contributed by atoms with Crippen LogP contribution in [0.25, 0.3) is 0 Å². The van der Waals surface area contributed by atoms with Crippen molar-refractivity contribution in [3.63, 3.8) is 0 Å². The molecule has 0 bridgehead atoms. The first kappa shape index (κ1) is 28.7. The number of likely N-dealkylation sites (N-methyl/N-ethyl adjacent to an activating group) is 2. The molecule has 0 aliphatic carbocycles. The third-order valence-electron chi connectivity index (χ3n) is 5.30. The average molecular weight is 470 g/mol. The van der Waals surface area contributed by atoms with Gasteiger partial charge in [0.25, 0.3) is 0 Å². The van der Waals surface area contributed by atoms with Gasteiger partial charge in [0, 0.05) is 27.2 Å². The van der Waals surface area contributed by atoms with E-state index in [1.165, 1.54) is 9.80 Å². The predicted octanol–water partition coefficient (Wildman–Crippen LogP) is 1.05. The van der Waals surface area contributed by atoms with Crippen molar-refractivity contribution in [3.8, 4) is 0 Å². The summed E-state index contributed by atoms with van der Waals surface area (Å²) in [4.78, 5) is 56.4. The lowest BCUT2D eigenvalue weighted by Crippen LogP contribution is -2.61. The van der Waals surface area contributed by atoms with Crippen molar-refractivity contribution < 1.29 is 23.9 Å². The molecular weight excluding hydrogens is 426 g/mol. The summed E-state index contributed by atoms with van der Waals surface area (Å²) >= 11 is 0. The van der Waals surface area contributed by atoms with E-state index in [9.17, 15) is 19.2 Å². The highest BCUT2D eigenvalue weighted by Gasteiger charge is 2.38. The van der Waals surface area contributed by atoms with Crippen molar-refractivity contribution >= 4 is 23.8 Å². The average Bonchev–Trinajstić information content (AvgIpc) is 2.68. The monoisotopic (exact) mass is 469 g/mol. The Bertz CT molecular complexity index is 702. The summed E-state index contributed by atoms with van der Waals surface area (Å²) < 4.78 is 5.33. The van der Waals surface area contributed by atoms with Crippen LogP contribution in [0.2, 0.25) is 0 Å². The molecule has 0 aromatic heterocycles. The van der Waals surface area contributed by atoms with Gasteiger partial charge in [0.05, 0.1) is 0 Å². The van der Waals surface area contributed by atoms with E-state index in [0.717, 1.165) is 12.8 Å². The zero-order valence-electron chi connectivity index (χ0n) is 21.7. The molecule has 1 aliphatic heterocycles. The number of carbonyl (C=O) groups excluding carboxylic acids is 4. The fourth-order valence-corrected chi connectivity index (χ4v) is 3.71. The first-order chi connectivity index (χ1) is 15.1. The number of alkyl carbamates (subject to hydrolysis) is 1. The fourth-order valence-electron chi connectivity index (χ4n) is 3.71. The molecule has 1 aliphatic rings. The van der Waals surface area contributed by atoms with Crippen LogP contribution in [-0.2, 0) is 19.1 Å². The van der Waals surface area contributed by atoms with Crippen LogP contribution in [-0.4, -0.2) is 104 Å². The standard InChI is InChI=1S/C23H43N5O5/c1-15(2)18(21(31)27(8)9)25-19(29)17-12-10-11-13-28(17)20(30)16(14-26(6)7)24-22(32)33-23(3,4)5/h15-18H,10-14H2,1-9H3,(H,24,32)(H,25,29)/t16-,17-,18-/m0/s1. The number of nitrogens with one attached hydrogen (secondary N) is 2. The second-order valence-electron chi connectivity index (χ2n) is 10.5. The van der Waals surface area contributed by atoms with Crippen molar-refractivity contribution in [1.29, 1.82) is 0 Å². The zero-order valence-corrected chi connectivity index (χ0v) is 21.7. The molecule has 10 heteroatoms. The molecule has 1 fully saturated rings. The van der Waals surface area contributed by atoms with Crippen LogP contribution < -0.4 is 10.6 Å². The van der Waals surface area contributed by atoms with Gasteiger partial charge in [-0.2, -0.15) is 0 Å². The Morgan fingerprint density at radius 2 is 1.64 bits per heavy atom. The Labute approximate surface area is 198 Å². The third kappa shape index (κ3) is 9.19. The van der Waals surface area contributed by atoms with Gasteiger partial charge >= 0.3 is 6.09 Å². The lowest BCUT2D eigenvalue weighted by Gasteiger charge is -2.38. The molecule has 10 nitrogen and oxygen atoms in total. The lowest BCUT2D eigenvalue weighted by atomic mass is 9.97. The molecule has 0 spiro atoms. The molecule has 0 aromatic carbocycles. The van der Waals surface area contributed by atoms with E-state index >= 15 is 0 Å². The van der Waals surface area contributed by atoms with Gasteiger partial charge in [-0.3, -0.25) is 14.4 Å². The van der Waals surface area contributed by atoms with Crippen LogP contribution >= 0.6 is 0 Å². The molecule has 1 heterocycles. The van der Waals surface area contributed by atoms with E-state index in [0.29, 0.717) is 13.0 Å². The Morgan fingerprint density at radius 3 is 2.12 bits per heavy atom. The summed E-state index contributed by atoms with van der Waals surface area (Å²) in [5.41, 5.74) is -0.700. The van der Waals surface area contributed by atoms with E-state index in [4.69, 9.17) is 4.74 Å². The van der Waals surface area contributed by atoms with Crippen LogP contribution in [0.1, 0.15) is 53.9 Å². The third-order valence-corrected chi connectivity index (χ3v) is 5.30. The lowest BCUT2D eigenvalue weighted by molar-refractivity contribution is -0.145. The van der Waals surface area contributed by atoms with Gasteiger partial charge < -0.3 is 30.1 Å². The molecule has 0 saturated carbocycles. The molecule has 0 radical (unpaired) electrons. The zero-order chi connectivity index (χ0) is 25.5. The minimum atomic E-state index is -0.868. The van der Waals surface area contributed by atoms with Crippen molar-refractivity contribution in [2.45, 2.75) is 77.6 Å². The minimum Gasteiger partial charge on any atom is -0.444 e. The van der Waals surface area contributed by atoms with Crippen LogP contribution in [0.5, 0.6) is 0 Å². The maximum absolute atomic E-state index is 13.5. The van der Waals surface area contributed by atoms with Crippen molar-refractivity contribution in [3.05, 3.63) is 0 Å². The summed E-state index contributed by atoms with van der Waals surface area (Å²) in [5.74, 6) is -0.983. The Kier molecular flexibility index (Phi) is 10.6. The summed E-state index contributed by atoms with van der Waals surface area (Å²) in [5, 5.41) is 5.52. The molecule has 0 unspecified atom stereocenters. The summed E-state index contributed by atoms with van der Waals surface area (Å²) in [6, 6.07) is -2.25. The number of amides is 4. The van der Waals surface area contributed by atoms with Gasteiger partial charge in [-0.25, -0.2) is 4.79 Å². The second kappa shape index (κ2) is 12.2. The van der Waals surface area contributed by atoms with E-state index < -0.39 is 29.8 Å². The number of carbonyl (C=O) groups is 4. The molecule has 4 amide bonds. The van der Waals surface area contributed by atoms with Gasteiger partial charge in [-0.15, -0.1) is 0 Å². The highest BCUT2D eigenvalue weighted by molar-refractivity contribution is 5.94. The molecule has 1 rings (SSSR count). The van der Waals surface area contributed by atoms with Crippen molar-refractivity contribution in [1.82, 2.24) is 25.3 Å². The second-order valence-corrected chi connectivity index (χ2v) is 10.5. The van der Waals surface area contributed by atoms with Gasteiger partial charge in [0.15, 0.2) is 0 Å². The van der Waals surface area contributed by atoms with Crippen LogP contribution in [0.15, 0.2) is 0 Å². The molecule has 33 heavy (non-hydrogen) atoms. The molecule has 2 N–H and O–H groups in total. The quantitative estimate of drug-likeness (QED) is 0.550. The van der Waals surface area contributed by atoms with Crippen LogP contribution in [0, 0.1) is 5.92 Å². The topological polar surface area (TPSA) is 111 Å². The molecule has 190 valence electrons. The number of hydrogen-bond acceptors (Lipinski definition) is 6. The first-order valence-electron chi connectivity index (χ1n) is 11.6. The van der Waals surface area contributed by atoms with Gasteiger partial charge in [0.1, 0.15) is 23.7 Å². The summed E-state index contributed by atoms with van der Waals surface area (Å²) in [6.07, 6.45) is 1.38. The summed E-state index contributed by atoms with van der Waals surface area (Å²) in [6.45, 7) is 9.66. The molecule has 0 aromatic rings. The number of piperidine rings is 1. The Balaban J connectivity index is 3.06. The molecule has 1 saturated heterocycles. The highest BCUT2D eigenvalue weighted by atomic mass is 16.6. The Hall–Kier alpha value is -2.36. The van der Waals surface area contributed by atoms with Crippen molar-refractivity contribution in [2.75, 3.05) is 41.3 Å². The van der Waals surface area contributed by atoms with E-state index in [2.05, 4.69) is 10.6 Å². The van der Waals surface area contributed by atoms with Gasteiger partial charge in [-0.05, 0) is 60.0 Å². The van der Waals surface area contributed by atoms with Gasteiger partial charge in [0.2, 0.25) is 17.7 Å². The predicted molar refractivity (Wildman–Crippen MR) is 127 cm³/mol. The SMILES string of the molecule is CC(C)[C@H](NC(=O)[C@@H]1CCCCN1C(=O)[C@H](CN(C)C)NC(=O)OC(C)(C)C)C(=O)N(C)C. The highest BCUT2D eigenvalue weighted by Crippen LogP contribution is 2.20. The van der Waals surface area contributed by atoms with Crippen molar-refractivity contribution in [2.24, 2.45) is 5.92 Å². The number of likely N-dealkylation sites (tertiary alicyclic amines) is 1. The normalized spacial score (nSPS) is 18.5. The van der Waals surface area contributed by atoms with E-state index in [1.54, 1.807) is 53.9 Å². The maximum atomic E-state index is 13.5. The number of rotatable bonds is 8. The Morgan fingerprint density at radius 1 is 1.03 bits per heavy atom.